The number of nitrogens with zero attached hydrogens (tertiary/aromatic N) is 4. The Bertz CT molecular complexity index is 565. The molecule has 1 aromatic heterocycles. The lowest BCUT2D eigenvalue weighted by molar-refractivity contribution is 0.747. The summed E-state index contributed by atoms with van der Waals surface area (Å²) in [4.78, 5) is 4.12. The molecule has 17 heavy (non-hydrogen) atoms. The first-order valence-corrected chi connectivity index (χ1v) is 5.28. The third-order valence-electron chi connectivity index (χ3n) is 2.38. The van der Waals surface area contributed by atoms with E-state index < -0.39 is 0 Å². The SMILES string of the molecule is Cc1ccc(C#N)c(NCc2ncn(C)n2)c1. The summed E-state index contributed by atoms with van der Waals surface area (Å²) in [5.41, 5.74) is 2.56. The molecule has 0 aliphatic heterocycles. The van der Waals surface area contributed by atoms with Crippen LogP contribution in [-0.2, 0) is 13.6 Å². The molecule has 1 heterocycles. The molecule has 2 rings (SSSR count). The predicted molar refractivity (Wildman–Crippen MR) is 64.2 cm³/mol. The van der Waals surface area contributed by atoms with E-state index in [1.807, 2.05) is 32.2 Å². The Labute approximate surface area is 99.7 Å². The summed E-state index contributed by atoms with van der Waals surface area (Å²) in [7, 11) is 1.82. The standard InChI is InChI=1S/C12H13N5/c1-9-3-4-10(6-13)11(5-9)14-7-12-15-8-17(2)16-12/h3-5,8,14H,7H2,1-2H3. The van der Waals surface area contributed by atoms with Gasteiger partial charge in [-0.25, -0.2) is 4.98 Å². The summed E-state index contributed by atoms with van der Waals surface area (Å²) >= 11 is 0. The zero-order valence-corrected chi connectivity index (χ0v) is 9.81. The summed E-state index contributed by atoms with van der Waals surface area (Å²) in [6.45, 7) is 2.50. The van der Waals surface area contributed by atoms with E-state index in [2.05, 4.69) is 21.5 Å². The number of rotatable bonds is 3. The molecule has 0 aliphatic carbocycles. The van der Waals surface area contributed by atoms with Gasteiger partial charge in [0.1, 0.15) is 12.4 Å². The Morgan fingerprint density at radius 3 is 2.94 bits per heavy atom. The lowest BCUT2D eigenvalue weighted by atomic mass is 10.1. The molecule has 5 heteroatoms. The van der Waals surface area contributed by atoms with E-state index in [1.165, 1.54) is 0 Å². The number of hydrogen-bond donors (Lipinski definition) is 1. The van der Waals surface area contributed by atoms with Crippen molar-refractivity contribution in [2.75, 3.05) is 5.32 Å². The van der Waals surface area contributed by atoms with Gasteiger partial charge >= 0.3 is 0 Å². The molecular formula is C12H13N5. The van der Waals surface area contributed by atoms with Crippen LogP contribution in [0.3, 0.4) is 0 Å². The van der Waals surface area contributed by atoms with E-state index in [9.17, 15) is 0 Å². The van der Waals surface area contributed by atoms with Crippen LogP contribution in [0.4, 0.5) is 5.69 Å². The van der Waals surface area contributed by atoms with Crippen LogP contribution in [0.5, 0.6) is 0 Å². The lowest BCUT2D eigenvalue weighted by Crippen LogP contribution is -2.04. The highest BCUT2D eigenvalue weighted by atomic mass is 15.3. The Balaban J connectivity index is 2.13. The topological polar surface area (TPSA) is 66.5 Å². The maximum Gasteiger partial charge on any atom is 0.169 e. The van der Waals surface area contributed by atoms with Gasteiger partial charge in [0.2, 0.25) is 0 Å². The zero-order chi connectivity index (χ0) is 12.3. The second kappa shape index (κ2) is 4.66. The molecule has 0 saturated carbocycles. The van der Waals surface area contributed by atoms with Crippen molar-refractivity contribution in [3.05, 3.63) is 41.5 Å². The van der Waals surface area contributed by atoms with Crippen molar-refractivity contribution in [3.8, 4) is 6.07 Å². The van der Waals surface area contributed by atoms with Gasteiger partial charge in [0.25, 0.3) is 0 Å². The van der Waals surface area contributed by atoms with Crippen molar-refractivity contribution in [2.45, 2.75) is 13.5 Å². The number of nitriles is 1. The Hall–Kier alpha value is -2.35. The molecule has 0 radical (unpaired) electrons. The third-order valence-corrected chi connectivity index (χ3v) is 2.38. The van der Waals surface area contributed by atoms with Gasteiger partial charge in [0.15, 0.2) is 5.82 Å². The maximum atomic E-state index is 8.99. The first-order valence-electron chi connectivity index (χ1n) is 5.28. The van der Waals surface area contributed by atoms with E-state index in [0.717, 1.165) is 11.3 Å². The summed E-state index contributed by atoms with van der Waals surface area (Å²) in [5, 5.41) is 16.3. The van der Waals surface area contributed by atoms with Gasteiger partial charge in [0, 0.05) is 7.05 Å². The predicted octanol–water partition coefficient (Wildman–Crippen LogP) is 1.61. The second-order valence-electron chi connectivity index (χ2n) is 3.85. The molecule has 1 N–H and O–H groups in total. The number of nitrogens with one attached hydrogen (secondary N) is 1. The molecule has 0 amide bonds. The molecule has 0 saturated heterocycles. The Morgan fingerprint density at radius 1 is 1.47 bits per heavy atom. The minimum Gasteiger partial charge on any atom is -0.377 e. The molecule has 5 nitrogen and oxygen atoms in total. The molecule has 0 spiro atoms. The van der Waals surface area contributed by atoms with Gasteiger partial charge in [0.05, 0.1) is 17.8 Å². The molecule has 1 aromatic carbocycles. The highest BCUT2D eigenvalue weighted by Crippen LogP contribution is 2.16. The molecular weight excluding hydrogens is 214 g/mol. The summed E-state index contributed by atoms with van der Waals surface area (Å²) in [6.07, 6.45) is 1.65. The second-order valence-corrected chi connectivity index (χ2v) is 3.85. The third kappa shape index (κ3) is 2.61. The maximum absolute atomic E-state index is 8.99. The van der Waals surface area contributed by atoms with Crippen molar-refractivity contribution < 1.29 is 0 Å². The van der Waals surface area contributed by atoms with Gasteiger partial charge < -0.3 is 5.32 Å². The number of hydrogen-bond acceptors (Lipinski definition) is 4. The molecule has 2 aromatic rings. The van der Waals surface area contributed by atoms with E-state index in [-0.39, 0.29) is 0 Å². The van der Waals surface area contributed by atoms with Gasteiger partial charge in [-0.05, 0) is 24.6 Å². The van der Waals surface area contributed by atoms with Crippen molar-refractivity contribution in [1.82, 2.24) is 14.8 Å². The number of benzene rings is 1. The van der Waals surface area contributed by atoms with Crippen LogP contribution in [0, 0.1) is 18.3 Å². The van der Waals surface area contributed by atoms with Gasteiger partial charge in [-0.1, -0.05) is 6.07 Å². The van der Waals surface area contributed by atoms with Crippen LogP contribution < -0.4 is 5.32 Å². The summed E-state index contributed by atoms with van der Waals surface area (Å²) < 4.78 is 1.65. The fourth-order valence-corrected chi connectivity index (χ4v) is 1.54. The molecule has 0 unspecified atom stereocenters. The highest BCUT2D eigenvalue weighted by Gasteiger charge is 2.03. The van der Waals surface area contributed by atoms with E-state index in [1.54, 1.807) is 11.0 Å². The average molecular weight is 227 g/mol. The molecule has 0 fully saturated rings. The van der Waals surface area contributed by atoms with Crippen LogP contribution in [0.25, 0.3) is 0 Å². The van der Waals surface area contributed by atoms with E-state index in [4.69, 9.17) is 5.26 Å². The smallest absolute Gasteiger partial charge is 0.169 e. The van der Waals surface area contributed by atoms with Crippen molar-refractivity contribution in [3.63, 3.8) is 0 Å². The molecule has 0 aliphatic rings. The summed E-state index contributed by atoms with van der Waals surface area (Å²) in [5.74, 6) is 0.706. The van der Waals surface area contributed by atoms with Crippen LogP contribution >= 0.6 is 0 Å². The van der Waals surface area contributed by atoms with Gasteiger partial charge in [-0.15, -0.1) is 0 Å². The Kier molecular flexibility index (Phi) is 3.06. The normalized spacial score (nSPS) is 9.94. The molecule has 0 bridgehead atoms. The van der Waals surface area contributed by atoms with Gasteiger partial charge in [-0.2, -0.15) is 10.4 Å². The van der Waals surface area contributed by atoms with E-state index >= 15 is 0 Å². The number of aromatic nitrogens is 3. The highest BCUT2D eigenvalue weighted by molar-refractivity contribution is 5.58. The van der Waals surface area contributed by atoms with Crippen molar-refractivity contribution in [1.29, 1.82) is 5.26 Å². The van der Waals surface area contributed by atoms with Crippen LogP contribution in [-0.4, -0.2) is 14.8 Å². The number of anilines is 1. The summed E-state index contributed by atoms with van der Waals surface area (Å²) in [6, 6.07) is 7.83. The minimum absolute atomic E-state index is 0.513. The molecule has 86 valence electrons. The van der Waals surface area contributed by atoms with Crippen molar-refractivity contribution >= 4 is 5.69 Å². The lowest BCUT2D eigenvalue weighted by Gasteiger charge is -2.06. The first-order chi connectivity index (χ1) is 8.19. The fraction of sp³-hybridized carbons (Fsp3) is 0.250. The largest absolute Gasteiger partial charge is 0.377 e. The van der Waals surface area contributed by atoms with Crippen LogP contribution in [0.1, 0.15) is 17.0 Å². The van der Waals surface area contributed by atoms with Crippen molar-refractivity contribution in [2.24, 2.45) is 7.05 Å². The quantitative estimate of drug-likeness (QED) is 0.865. The van der Waals surface area contributed by atoms with E-state index in [0.29, 0.717) is 17.9 Å². The average Bonchev–Trinajstić information content (AvgIpc) is 2.73. The zero-order valence-electron chi connectivity index (χ0n) is 9.81. The fourth-order valence-electron chi connectivity index (χ4n) is 1.54. The van der Waals surface area contributed by atoms with Crippen LogP contribution in [0.2, 0.25) is 0 Å². The Morgan fingerprint density at radius 2 is 2.29 bits per heavy atom. The molecule has 0 atom stereocenters. The monoisotopic (exact) mass is 227 g/mol. The van der Waals surface area contributed by atoms with Gasteiger partial charge in [-0.3, -0.25) is 4.68 Å². The minimum atomic E-state index is 0.513. The number of aryl methyl sites for hydroxylation is 2. The first kappa shape index (κ1) is 11.1. The van der Waals surface area contributed by atoms with Crippen LogP contribution in [0.15, 0.2) is 24.5 Å².